The molecule has 0 aliphatic carbocycles. The number of furan rings is 1. The van der Waals surface area contributed by atoms with Gasteiger partial charge in [0.15, 0.2) is 5.76 Å². The van der Waals surface area contributed by atoms with Gasteiger partial charge in [-0.2, -0.15) is 4.98 Å². The summed E-state index contributed by atoms with van der Waals surface area (Å²) in [4.78, 5) is 4.35. The van der Waals surface area contributed by atoms with E-state index >= 15 is 0 Å². The highest BCUT2D eigenvalue weighted by Crippen LogP contribution is 2.23. The highest BCUT2D eigenvalue weighted by Gasteiger charge is 2.17. The third-order valence-corrected chi connectivity index (χ3v) is 2.63. The Morgan fingerprint density at radius 3 is 2.94 bits per heavy atom. The van der Waals surface area contributed by atoms with Gasteiger partial charge < -0.3 is 14.3 Å². The second-order valence-corrected chi connectivity index (χ2v) is 4.10. The maximum atomic E-state index is 5.32. The second kappa shape index (κ2) is 5.14. The Morgan fingerprint density at radius 1 is 1.47 bits per heavy atom. The summed E-state index contributed by atoms with van der Waals surface area (Å²) in [5, 5.41) is 7.19. The lowest BCUT2D eigenvalue weighted by atomic mass is 10.2. The summed E-state index contributed by atoms with van der Waals surface area (Å²) in [5.74, 6) is 2.03. The molecule has 1 unspecified atom stereocenters. The van der Waals surface area contributed by atoms with Gasteiger partial charge >= 0.3 is 0 Å². The Labute approximate surface area is 100 Å². The Balaban J connectivity index is 2.13. The van der Waals surface area contributed by atoms with Gasteiger partial charge in [-0.1, -0.05) is 19.0 Å². The number of hydrogen-bond donors (Lipinski definition) is 1. The van der Waals surface area contributed by atoms with E-state index in [2.05, 4.69) is 29.3 Å². The van der Waals surface area contributed by atoms with Crippen molar-refractivity contribution in [1.29, 1.82) is 0 Å². The number of nitrogens with zero attached hydrogens (tertiary/aromatic N) is 2. The third-order valence-electron chi connectivity index (χ3n) is 2.63. The summed E-state index contributed by atoms with van der Waals surface area (Å²) >= 11 is 0. The minimum Gasteiger partial charge on any atom is -0.461 e. The fourth-order valence-electron chi connectivity index (χ4n) is 1.58. The van der Waals surface area contributed by atoms with E-state index in [1.807, 2.05) is 13.0 Å². The summed E-state index contributed by atoms with van der Waals surface area (Å²) in [7, 11) is 0. The highest BCUT2D eigenvalue weighted by atomic mass is 16.5. The molecule has 0 amide bonds. The molecule has 1 N–H and O–H groups in total. The summed E-state index contributed by atoms with van der Waals surface area (Å²) < 4.78 is 10.6. The predicted molar refractivity (Wildman–Crippen MR) is 63.7 cm³/mol. The van der Waals surface area contributed by atoms with E-state index in [1.165, 1.54) is 0 Å². The molecule has 92 valence electrons. The average Bonchev–Trinajstić information content (AvgIpc) is 2.93. The predicted octanol–water partition coefficient (Wildman–Crippen LogP) is 2.35. The van der Waals surface area contributed by atoms with Crippen molar-refractivity contribution in [3.8, 4) is 11.6 Å². The first kappa shape index (κ1) is 11.9. The molecule has 0 aliphatic heterocycles. The van der Waals surface area contributed by atoms with Crippen LogP contribution in [0.4, 0.5) is 0 Å². The van der Waals surface area contributed by atoms with Crippen molar-refractivity contribution >= 4 is 0 Å². The van der Waals surface area contributed by atoms with Crippen LogP contribution in [0.15, 0.2) is 21.3 Å². The van der Waals surface area contributed by atoms with E-state index in [-0.39, 0.29) is 5.92 Å². The number of likely N-dealkylation sites (N-methyl/N-ethyl adjacent to an activating group) is 1. The van der Waals surface area contributed by atoms with Crippen LogP contribution in [0.25, 0.3) is 11.6 Å². The van der Waals surface area contributed by atoms with Crippen molar-refractivity contribution < 1.29 is 8.94 Å². The van der Waals surface area contributed by atoms with Crippen LogP contribution in [-0.2, 0) is 0 Å². The van der Waals surface area contributed by atoms with E-state index < -0.39 is 0 Å². The van der Waals surface area contributed by atoms with Gasteiger partial charge in [-0.25, -0.2) is 0 Å². The molecule has 5 heteroatoms. The Kier molecular flexibility index (Phi) is 3.58. The quantitative estimate of drug-likeness (QED) is 0.861. The first-order valence-corrected chi connectivity index (χ1v) is 5.81. The standard InChI is InChI=1S/C12H17N3O2/c1-4-13-7-9(3)12-14-11(15-17-12)10-8(2)5-6-16-10/h5-6,9,13H,4,7H2,1-3H3. The van der Waals surface area contributed by atoms with E-state index in [4.69, 9.17) is 8.94 Å². The van der Waals surface area contributed by atoms with E-state index in [9.17, 15) is 0 Å². The molecule has 2 aromatic rings. The van der Waals surface area contributed by atoms with Gasteiger partial charge in [0.2, 0.25) is 11.7 Å². The van der Waals surface area contributed by atoms with Crippen LogP contribution < -0.4 is 5.32 Å². The van der Waals surface area contributed by atoms with Crippen LogP contribution >= 0.6 is 0 Å². The first-order valence-electron chi connectivity index (χ1n) is 5.81. The van der Waals surface area contributed by atoms with Gasteiger partial charge in [0.05, 0.1) is 6.26 Å². The number of aromatic nitrogens is 2. The zero-order chi connectivity index (χ0) is 12.3. The van der Waals surface area contributed by atoms with Crippen molar-refractivity contribution in [2.45, 2.75) is 26.7 Å². The average molecular weight is 235 g/mol. The van der Waals surface area contributed by atoms with Crippen molar-refractivity contribution in [3.63, 3.8) is 0 Å². The van der Waals surface area contributed by atoms with E-state index in [0.717, 1.165) is 18.7 Å². The molecule has 0 bridgehead atoms. The molecule has 0 saturated heterocycles. The molecule has 0 fully saturated rings. The van der Waals surface area contributed by atoms with Gasteiger partial charge in [0.1, 0.15) is 0 Å². The molecule has 17 heavy (non-hydrogen) atoms. The fraction of sp³-hybridized carbons (Fsp3) is 0.500. The molecule has 0 saturated carbocycles. The van der Waals surface area contributed by atoms with Gasteiger partial charge in [-0.3, -0.25) is 0 Å². The van der Waals surface area contributed by atoms with Gasteiger partial charge in [0, 0.05) is 12.5 Å². The lowest BCUT2D eigenvalue weighted by Crippen LogP contribution is -2.19. The Hall–Kier alpha value is -1.62. The van der Waals surface area contributed by atoms with Gasteiger partial charge in [0.25, 0.3) is 0 Å². The number of hydrogen-bond acceptors (Lipinski definition) is 5. The Bertz CT molecular complexity index is 476. The summed E-state index contributed by atoms with van der Waals surface area (Å²) in [5.41, 5.74) is 1.01. The third kappa shape index (κ3) is 2.55. The largest absolute Gasteiger partial charge is 0.461 e. The van der Waals surface area contributed by atoms with Crippen LogP contribution in [0.3, 0.4) is 0 Å². The fourth-order valence-corrected chi connectivity index (χ4v) is 1.58. The second-order valence-electron chi connectivity index (χ2n) is 4.10. The van der Waals surface area contributed by atoms with E-state index in [1.54, 1.807) is 6.26 Å². The monoisotopic (exact) mass is 235 g/mol. The summed E-state index contributed by atoms with van der Waals surface area (Å²) in [6, 6.07) is 1.88. The molecule has 2 rings (SSSR count). The van der Waals surface area contributed by atoms with Gasteiger partial charge in [-0.05, 0) is 25.1 Å². The van der Waals surface area contributed by atoms with Gasteiger partial charge in [-0.15, -0.1) is 0 Å². The minimum absolute atomic E-state index is 0.200. The lowest BCUT2D eigenvalue weighted by molar-refractivity contribution is 0.355. The van der Waals surface area contributed by atoms with Crippen LogP contribution in [-0.4, -0.2) is 23.2 Å². The summed E-state index contributed by atoms with van der Waals surface area (Å²) in [6.07, 6.45) is 1.63. The number of rotatable bonds is 5. The van der Waals surface area contributed by atoms with E-state index in [0.29, 0.717) is 17.5 Å². The highest BCUT2D eigenvalue weighted by molar-refractivity contribution is 5.51. The zero-order valence-corrected chi connectivity index (χ0v) is 10.4. The van der Waals surface area contributed by atoms with Crippen molar-refractivity contribution in [2.75, 3.05) is 13.1 Å². The summed E-state index contributed by atoms with van der Waals surface area (Å²) in [6.45, 7) is 7.84. The maximum Gasteiger partial charge on any atom is 0.238 e. The van der Waals surface area contributed by atoms with Crippen LogP contribution in [0.1, 0.15) is 31.2 Å². The lowest BCUT2D eigenvalue weighted by Gasteiger charge is -2.05. The number of aryl methyl sites for hydroxylation is 1. The molecule has 0 spiro atoms. The minimum atomic E-state index is 0.200. The van der Waals surface area contributed by atoms with Crippen LogP contribution in [0, 0.1) is 6.92 Å². The number of nitrogens with one attached hydrogen (secondary N) is 1. The molecular weight excluding hydrogens is 218 g/mol. The molecule has 2 aromatic heterocycles. The molecule has 0 radical (unpaired) electrons. The van der Waals surface area contributed by atoms with Crippen molar-refractivity contribution in [1.82, 2.24) is 15.5 Å². The maximum absolute atomic E-state index is 5.32. The SMILES string of the molecule is CCNCC(C)c1nc(-c2occc2C)no1. The smallest absolute Gasteiger partial charge is 0.238 e. The molecule has 5 nitrogen and oxygen atoms in total. The van der Waals surface area contributed by atoms with Crippen LogP contribution in [0.2, 0.25) is 0 Å². The topological polar surface area (TPSA) is 64.1 Å². The zero-order valence-electron chi connectivity index (χ0n) is 10.4. The van der Waals surface area contributed by atoms with Crippen molar-refractivity contribution in [3.05, 3.63) is 23.8 Å². The Morgan fingerprint density at radius 2 is 2.29 bits per heavy atom. The van der Waals surface area contributed by atoms with Crippen LogP contribution in [0.5, 0.6) is 0 Å². The first-order chi connectivity index (χ1) is 8.22. The molecule has 0 aromatic carbocycles. The molecular formula is C12H17N3O2. The van der Waals surface area contributed by atoms with Crippen molar-refractivity contribution in [2.24, 2.45) is 0 Å². The molecule has 2 heterocycles. The molecule has 0 aliphatic rings. The molecule has 1 atom stereocenters. The normalized spacial score (nSPS) is 12.9.